The van der Waals surface area contributed by atoms with Gasteiger partial charge in [-0.3, -0.25) is 0 Å². The molecule has 0 bridgehead atoms. The molecule has 130 valence electrons. The SMILES string of the molecule is CC(C(=O)OC1CCCCC1)n1c(CN(C)C)nc2ccccc21. The van der Waals surface area contributed by atoms with Crippen molar-refractivity contribution >= 4 is 17.0 Å². The smallest absolute Gasteiger partial charge is 0.329 e. The van der Waals surface area contributed by atoms with Crippen LogP contribution in [0.4, 0.5) is 0 Å². The fraction of sp³-hybridized carbons (Fsp3) is 0.579. The van der Waals surface area contributed by atoms with E-state index in [1.807, 2.05) is 49.9 Å². The molecule has 1 fully saturated rings. The number of aromatic nitrogens is 2. The summed E-state index contributed by atoms with van der Waals surface area (Å²) in [5.41, 5.74) is 1.91. The van der Waals surface area contributed by atoms with Crippen molar-refractivity contribution in [3.8, 4) is 0 Å². The molecule has 1 unspecified atom stereocenters. The highest BCUT2D eigenvalue weighted by Gasteiger charge is 2.26. The average molecular weight is 329 g/mol. The van der Waals surface area contributed by atoms with Crippen molar-refractivity contribution in [1.29, 1.82) is 0 Å². The summed E-state index contributed by atoms with van der Waals surface area (Å²) in [5, 5.41) is 0. The zero-order chi connectivity index (χ0) is 17.1. The van der Waals surface area contributed by atoms with Gasteiger partial charge in [-0.25, -0.2) is 9.78 Å². The van der Waals surface area contributed by atoms with Crippen LogP contribution in [-0.2, 0) is 16.1 Å². The molecule has 5 heteroatoms. The van der Waals surface area contributed by atoms with Gasteiger partial charge in [0.05, 0.1) is 17.6 Å². The zero-order valence-electron chi connectivity index (χ0n) is 14.9. The van der Waals surface area contributed by atoms with Crippen LogP contribution in [0.15, 0.2) is 24.3 Å². The van der Waals surface area contributed by atoms with Crippen molar-refractivity contribution in [2.75, 3.05) is 14.1 Å². The molecule has 1 aromatic carbocycles. The number of ether oxygens (including phenoxy) is 1. The van der Waals surface area contributed by atoms with Crippen LogP contribution >= 0.6 is 0 Å². The van der Waals surface area contributed by atoms with E-state index < -0.39 is 0 Å². The van der Waals surface area contributed by atoms with Gasteiger partial charge >= 0.3 is 5.97 Å². The van der Waals surface area contributed by atoms with E-state index in [-0.39, 0.29) is 18.1 Å². The molecule has 1 aliphatic carbocycles. The second kappa shape index (κ2) is 7.34. The standard InChI is InChI=1S/C19H27N3O2/c1-14(19(23)24-15-9-5-4-6-10-15)22-17-12-8-7-11-16(17)20-18(22)13-21(2)3/h7-8,11-12,14-15H,4-6,9-10,13H2,1-3H3. The minimum Gasteiger partial charge on any atom is -0.461 e. The summed E-state index contributed by atoms with van der Waals surface area (Å²) in [6, 6.07) is 7.61. The number of para-hydroxylation sites is 2. The van der Waals surface area contributed by atoms with Gasteiger partial charge in [-0.05, 0) is 58.8 Å². The van der Waals surface area contributed by atoms with E-state index in [4.69, 9.17) is 9.72 Å². The largest absolute Gasteiger partial charge is 0.461 e. The van der Waals surface area contributed by atoms with Gasteiger partial charge in [0.15, 0.2) is 0 Å². The average Bonchev–Trinajstić information content (AvgIpc) is 2.92. The lowest BCUT2D eigenvalue weighted by Gasteiger charge is -2.25. The van der Waals surface area contributed by atoms with Crippen molar-refractivity contribution in [3.63, 3.8) is 0 Å². The molecule has 2 aromatic rings. The number of nitrogens with zero attached hydrogens (tertiary/aromatic N) is 3. The first-order chi connectivity index (χ1) is 11.6. The molecular weight excluding hydrogens is 302 g/mol. The van der Waals surface area contributed by atoms with Crippen molar-refractivity contribution in [2.45, 2.75) is 57.7 Å². The maximum atomic E-state index is 12.7. The number of rotatable bonds is 5. The third-order valence-corrected chi connectivity index (χ3v) is 4.69. The Bertz CT molecular complexity index is 702. The molecule has 24 heavy (non-hydrogen) atoms. The summed E-state index contributed by atoms with van der Waals surface area (Å²) < 4.78 is 7.81. The van der Waals surface area contributed by atoms with Gasteiger partial charge in [0.2, 0.25) is 0 Å². The molecule has 0 aliphatic heterocycles. The number of imidazole rings is 1. The summed E-state index contributed by atoms with van der Waals surface area (Å²) in [4.78, 5) is 19.5. The molecular formula is C19H27N3O2. The summed E-state index contributed by atoms with van der Waals surface area (Å²) in [6.07, 6.45) is 5.64. The molecule has 1 aromatic heterocycles. The quantitative estimate of drug-likeness (QED) is 0.787. The number of carbonyl (C=O) groups excluding carboxylic acids is 1. The first-order valence-corrected chi connectivity index (χ1v) is 8.87. The van der Waals surface area contributed by atoms with E-state index in [9.17, 15) is 4.79 Å². The zero-order valence-corrected chi connectivity index (χ0v) is 14.9. The van der Waals surface area contributed by atoms with Crippen LogP contribution in [0, 0.1) is 0 Å². The molecule has 1 aliphatic rings. The third-order valence-electron chi connectivity index (χ3n) is 4.69. The van der Waals surface area contributed by atoms with Crippen LogP contribution < -0.4 is 0 Å². The van der Waals surface area contributed by atoms with Gasteiger partial charge in [0.1, 0.15) is 18.0 Å². The van der Waals surface area contributed by atoms with E-state index >= 15 is 0 Å². The molecule has 0 N–H and O–H groups in total. The molecule has 0 saturated heterocycles. The monoisotopic (exact) mass is 329 g/mol. The summed E-state index contributed by atoms with van der Waals surface area (Å²) in [7, 11) is 4.02. The first kappa shape index (κ1) is 17.0. The molecule has 0 amide bonds. The molecule has 1 saturated carbocycles. The maximum absolute atomic E-state index is 12.7. The van der Waals surface area contributed by atoms with Crippen LogP contribution in [0.1, 0.15) is 50.9 Å². The second-order valence-corrected chi connectivity index (χ2v) is 7.00. The molecule has 1 atom stereocenters. The topological polar surface area (TPSA) is 47.4 Å². The van der Waals surface area contributed by atoms with Crippen LogP contribution in [0.2, 0.25) is 0 Å². The lowest BCUT2D eigenvalue weighted by atomic mass is 9.98. The highest BCUT2D eigenvalue weighted by molar-refractivity contribution is 5.81. The Morgan fingerprint density at radius 3 is 2.71 bits per heavy atom. The highest BCUT2D eigenvalue weighted by atomic mass is 16.5. The number of fused-ring (bicyclic) bond motifs is 1. The first-order valence-electron chi connectivity index (χ1n) is 8.87. The minimum atomic E-state index is -0.366. The highest BCUT2D eigenvalue weighted by Crippen LogP contribution is 2.25. The fourth-order valence-corrected chi connectivity index (χ4v) is 3.47. The molecule has 5 nitrogen and oxygen atoms in total. The Morgan fingerprint density at radius 2 is 2.00 bits per heavy atom. The number of hydrogen-bond donors (Lipinski definition) is 0. The number of hydrogen-bond acceptors (Lipinski definition) is 4. The molecule has 0 radical (unpaired) electrons. The predicted octanol–water partition coefficient (Wildman–Crippen LogP) is 3.53. The van der Waals surface area contributed by atoms with Crippen molar-refractivity contribution in [1.82, 2.24) is 14.5 Å². The molecule has 0 spiro atoms. The fourth-order valence-electron chi connectivity index (χ4n) is 3.47. The lowest BCUT2D eigenvalue weighted by Crippen LogP contribution is -2.28. The Morgan fingerprint density at radius 1 is 1.29 bits per heavy atom. The van der Waals surface area contributed by atoms with Crippen LogP contribution in [0.25, 0.3) is 11.0 Å². The van der Waals surface area contributed by atoms with Crippen molar-refractivity contribution < 1.29 is 9.53 Å². The minimum absolute atomic E-state index is 0.0841. The normalized spacial score (nSPS) is 17.3. The van der Waals surface area contributed by atoms with Crippen LogP contribution in [-0.4, -0.2) is 40.6 Å². The van der Waals surface area contributed by atoms with Gasteiger partial charge in [-0.15, -0.1) is 0 Å². The third kappa shape index (κ3) is 3.61. The second-order valence-electron chi connectivity index (χ2n) is 7.00. The van der Waals surface area contributed by atoms with Gasteiger partial charge in [0.25, 0.3) is 0 Å². The predicted molar refractivity (Wildman–Crippen MR) is 94.8 cm³/mol. The number of carbonyl (C=O) groups is 1. The van der Waals surface area contributed by atoms with E-state index in [0.717, 1.165) is 42.5 Å². The van der Waals surface area contributed by atoms with E-state index in [1.54, 1.807) is 0 Å². The molecule has 1 heterocycles. The lowest BCUT2D eigenvalue weighted by molar-refractivity contribution is -0.154. The number of benzene rings is 1. The van der Waals surface area contributed by atoms with Gasteiger partial charge < -0.3 is 14.2 Å². The summed E-state index contributed by atoms with van der Waals surface area (Å²) in [6.45, 7) is 2.61. The van der Waals surface area contributed by atoms with Crippen LogP contribution in [0.5, 0.6) is 0 Å². The Labute approximate surface area is 143 Å². The van der Waals surface area contributed by atoms with Gasteiger partial charge in [-0.1, -0.05) is 18.6 Å². The van der Waals surface area contributed by atoms with Gasteiger partial charge in [0, 0.05) is 0 Å². The van der Waals surface area contributed by atoms with E-state index in [1.165, 1.54) is 6.42 Å². The Hall–Kier alpha value is -1.88. The molecule has 3 rings (SSSR count). The summed E-state index contributed by atoms with van der Waals surface area (Å²) in [5.74, 6) is 0.749. The Kier molecular flexibility index (Phi) is 5.19. The van der Waals surface area contributed by atoms with Crippen molar-refractivity contribution in [2.24, 2.45) is 0 Å². The van der Waals surface area contributed by atoms with Gasteiger partial charge in [-0.2, -0.15) is 0 Å². The van der Waals surface area contributed by atoms with E-state index in [2.05, 4.69) is 4.90 Å². The maximum Gasteiger partial charge on any atom is 0.329 e. The Balaban J connectivity index is 1.86. The van der Waals surface area contributed by atoms with Crippen molar-refractivity contribution in [3.05, 3.63) is 30.1 Å². The van der Waals surface area contributed by atoms with E-state index in [0.29, 0.717) is 6.54 Å². The van der Waals surface area contributed by atoms with Crippen LogP contribution in [0.3, 0.4) is 0 Å². The summed E-state index contributed by atoms with van der Waals surface area (Å²) >= 11 is 0. The number of esters is 1.